The molecule has 1 aromatic heterocycles. The molecule has 0 unspecified atom stereocenters. The van der Waals surface area contributed by atoms with Gasteiger partial charge in [0.1, 0.15) is 12.4 Å². The van der Waals surface area contributed by atoms with Crippen LogP contribution in [-0.2, 0) is 6.61 Å². The summed E-state index contributed by atoms with van der Waals surface area (Å²) in [6.45, 7) is 3.71. The van der Waals surface area contributed by atoms with E-state index in [1.807, 2.05) is 13.8 Å². The Balaban J connectivity index is 1.76. The molecule has 0 radical (unpaired) electrons. The largest absolute Gasteiger partial charge is 0.493 e. The molecule has 0 saturated carbocycles. The maximum Gasteiger partial charge on any atom is 0.315 e. The van der Waals surface area contributed by atoms with Crippen LogP contribution in [0.1, 0.15) is 42.3 Å². The summed E-state index contributed by atoms with van der Waals surface area (Å²) in [6.07, 6.45) is 1.34. The number of nitrogens with zero attached hydrogens (tertiary/aromatic N) is 5. The molecule has 0 amide bonds. The van der Waals surface area contributed by atoms with E-state index >= 15 is 0 Å². The minimum Gasteiger partial charge on any atom is -0.493 e. The number of aromatic nitrogens is 2. The fourth-order valence-electron chi connectivity index (χ4n) is 3.80. The van der Waals surface area contributed by atoms with Gasteiger partial charge in [0.2, 0.25) is 5.75 Å². The first-order chi connectivity index (χ1) is 18.2. The lowest BCUT2D eigenvalue weighted by Gasteiger charge is -2.13. The zero-order valence-electron chi connectivity index (χ0n) is 20.7. The highest BCUT2D eigenvalue weighted by molar-refractivity contribution is 9.10. The summed E-state index contributed by atoms with van der Waals surface area (Å²) in [6, 6.07) is 16.9. The quantitative estimate of drug-likeness (QED) is 0.153. The Hall–Kier alpha value is -4.56. The zero-order chi connectivity index (χ0) is 27.4. The highest BCUT2D eigenvalue weighted by Crippen LogP contribution is 2.38. The molecule has 0 N–H and O–H groups in total. The molecule has 0 bridgehead atoms. The summed E-state index contributed by atoms with van der Waals surface area (Å²) in [5.74, 6) is 0.342. The molecule has 0 aliphatic rings. The normalized spacial score (nSPS) is 11.2. The third-order valence-corrected chi connectivity index (χ3v) is 6.15. The van der Waals surface area contributed by atoms with Crippen LogP contribution in [0.15, 0.2) is 69.0 Å². The van der Waals surface area contributed by atoms with Gasteiger partial charge >= 0.3 is 5.69 Å². The first-order valence-corrected chi connectivity index (χ1v) is 12.3. The maximum absolute atomic E-state index is 13.3. The van der Waals surface area contributed by atoms with Gasteiger partial charge in [0.15, 0.2) is 5.75 Å². The first-order valence-electron chi connectivity index (χ1n) is 11.5. The van der Waals surface area contributed by atoms with Gasteiger partial charge in [-0.1, -0.05) is 48.0 Å². The molecule has 3 aromatic carbocycles. The van der Waals surface area contributed by atoms with E-state index in [9.17, 15) is 20.2 Å². The average molecular weight is 576 g/mol. The van der Waals surface area contributed by atoms with E-state index < -0.39 is 4.92 Å². The van der Waals surface area contributed by atoms with Crippen molar-refractivity contribution in [2.24, 2.45) is 5.10 Å². The van der Waals surface area contributed by atoms with Gasteiger partial charge in [-0.05, 0) is 30.3 Å². The van der Waals surface area contributed by atoms with Crippen molar-refractivity contribution in [3.63, 3.8) is 0 Å². The number of halogens is 1. The molecule has 0 aliphatic heterocycles. The van der Waals surface area contributed by atoms with E-state index in [4.69, 9.17) is 9.47 Å². The summed E-state index contributed by atoms with van der Waals surface area (Å²) in [4.78, 5) is 29.2. The smallest absolute Gasteiger partial charge is 0.315 e. The van der Waals surface area contributed by atoms with E-state index in [0.717, 1.165) is 4.47 Å². The Morgan fingerprint density at radius 2 is 2.00 bits per heavy atom. The van der Waals surface area contributed by atoms with Gasteiger partial charge in [-0.2, -0.15) is 15.0 Å². The molecular weight excluding hydrogens is 554 g/mol. The Bertz CT molecular complexity index is 1670. The molecule has 0 saturated heterocycles. The summed E-state index contributed by atoms with van der Waals surface area (Å²) in [5.41, 5.74) is 1.12. The monoisotopic (exact) mass is 575 g/mol. The number of fused-ring (bicyclic) bond motifs is 1. The predicted molar refractivity (Wildman–Crippen MR) is 146 cm³/mol. The molecule has 0 fully saturated rings. The highest BCUT2D eigenvalue weighted by atomic mass is 79.9. The SMILES string of the molecule is COc1cc(C=Nn2c(C(C)C)nc3ccc(Br)cc3c2=O)cc([N+](=O)[O-])c1OCc1ccccc1C#N. The topological polar surface area (TPSA) is 133 Å². The van der Waals surface area contributed by atoms with Crippen molar-refractivity contribution in [2.45, 2.75) is 26.4 Å². The third kappa shape index (κ3) is 5.40. The van der Waals surface area contributed by atoms with Crippen LogP contribution in [0.25, 0.3) is 10.9 Å². The minimum atomic E-state index is -0.591. The van der Waals surface area contributed by atoms with Crippen LogP contribution >= 0.6 is 15.9 Å². The predicted octanol–water partition coefficient (Wildman–Crippen LogP) is 5.53. The summed E-state index contributed by atoms with van der Waals surface area (Å²) < 4.78 is 13.1. The fourth-order valence-corrected chi connectivity index (χ4v) is 4.16. The number of nitro groups is 1. The average Bonchev–Trinajstić information content (AvgIpc) is 2.91. The molecule has 4 rings (SSSR count). The molecular formula is C27H22BrN5O5. The van der Waals surface area contributed by atoms with Crippen LogP contribution in [-0.4, -0.2) is 27.9 Å². The molecule has 4 aromatic rings. The Morgan fingerprint density at radius 1 is 1.24 bits per heavy atom. The fraction of sp³-hybridized carbons (Fsp3) is 0.185. The number of nitro benzene ring substituents is 1. The standard InChI is InChI=1S/C27H22BrN5O5/c1-16(2)26-31-22-9-8-20(28)12-21(22)27(34)32(26)30-14-17-10-23(33(35)36)25(24(11-17)37-3)38-15-19-7-5-4-6-18(19)13-29/h4-12,14,16H,15H2,1-3H3. The van der Waals surface area contributed by atoms with E-state index in [1.165, 1.54) is 30.1 Å². The molecule has 0 atom stereocenters. The van der Waals surface area contributed by atoms with Crippen LogP contribution in [0, 0.1) is 21.4 Å². The molecule has 1 heterocycles. The molecule has 192 valence electrons. The van der Waals surface area contributed by atoms with Crippen molar-refractivity contribution in [3.8, 4) is 17.6 Å². The highest BCUT2D eigenvalue weighted by Gasteiger charge is 2.23. The first kappa shape index (κ1) is 26.5. The Labute approximate surface area is 226 Å². The van der Waals surface area contributed by atoms with Crippen LogP contribution in [0.4, 0.5) is 5.69 Å². The van der Waals surface area contributed by atoms with Crippen molar-refractivity contribution in [1.29, 1.82) is 5.26 Å². The minimum absolute atomic E-state index is 0.0696. The lowest BCUT2D eigenvalue weighted by molar-refractivity contribution is -0.386. The molecule has 0 spiro atoms. The van der Waals surface area contributed by atoms with Gasteiger partial charge in [-0.15, -0.1) is 0 Å². The van der Waals surface area contributed by atoms with Crippen LogP contribution in [0.3, 0.4) is 0 Å². The maximum atomic E-state index is 13.3. The number of methoxy groups -OCH3 is 1. The van der Waals surface area contributed by atoms with E-state index in [1.54, 1.807) is 42.5 Å². The van der Waals surface area contributed by atoms with Crippen LogP contribution in [0.5, 0.6) is 11.5 Å². The number of rotatable bonds is 8. The Morgan fingerprint density at radius 3 is 2.68 bits per heavy atom. The van der Waals surface area contributed by atoms with Crippen molar-refractivity contribution < 1.29 is 14.4 Å². The van der Waals surface area contributed by atoms with Gasteiger partial charge in [-0.25, -0.2) is 4.98 Å². The third-order valence-electron chi connectivity index (χ3n) is 5.66. The molecule has 10 nitrogen and oxygen atoms in total. The van der Waals surface area contributed by atoms with E-state index in [2.05, 4.69) is 32.1 Å². The van der Waals surface area contributed by atoms with Crippen molar-refractivity contribution >= 4 is 38.7 Å². The number of ether oxygens (including phenoxy) is 2. The van der Waals surface area contributed by atoms with E-state index in [-0.39, 0.29) is 35.3 Å². The second kappa shape index (κ2) is 11.2. The number of nitriles is 1. The summed E-state index contributed by atoms with van der Waals surface area (Å²) in [5, 5.41) is 26.0. The number of hydrogen-bond donors (Lipinski definition) is 0. The second-order valence-electron chi connectivity index (χ2n) is 8.53. The number of benzene rings is 3. The molecule has 38 heavy (non-hydrogen) atoms. The van der Waals surface area contributed by atoms with E-state index in [0.29, 0.717) is 33.4 Å². The molecule has 0 aliphatic carbocycles. The zero-order valence-corrected chi connectivity index (χ0v) is 22.3. The molecule has 11 heteroatoms. The summed E-state index contributed by atoms with van der Waals surface area (Å²) >= 11 is 3.37. The lowest BCUT2D eigenvalue weighted by atomic mass is 10.1. The van der Waals surface area contributed by atoms with Gasteiger partial charge in [0.05, 0.1) is 40.8 Å². The number of hydrogen-bond acceptors (Lipinski definition) is 8. The lowest BCUT2D eigenvalue weighted by Crippen LogP contribution is -2.23. The second-order valence-corrected chi connectivity index (χ2v) is 9.45. The van der Waals surface area contributed by atoms with Crippen LogP contribution in [0.2, 0.25) is 0 Å². The van der Waals surface area contributed by atoms with Gasteiger partial charge in [0, 0.05) is 27.6 Å². The van der Waals surface area contributed by atoms with Crippen molar-refractivity contribution in [1.82, 2.24) is 9.66 Å². The summed E-state index contributed by atoms with van der Waals surface area (Å²) in [7, 11) is 1.36. The van der Waals surface area contributed by atoms with Gasteiger partial charge in [-0.3, -0.25) is 14.9 Å². The van der Waals surface area contributed by atoms with Crippen molar-refractivity contribution in [2.75, 3.05) is 7.11 Å². The van der Waals surface area contributed by atoms with Gasteiger partial charge in [0.25, 0.3) is 5.56 Å². The van der Waals surface area contributed by atoms with Gasteiger partial charge < -0.3 is 9.47 Å². The Kier molecular flexibility index (Phi) is 7.83. The van der Waals surface area contributed by atoms with Crippen LogP contribution < -0.4 is 15.0 Å². The van der Waals surface area contributed by atoms with Crippen molar-refractivity contribution in [3.05, 3.63) is 102 Å².